The fraction of sp³-hybridized carbons (Fsp3) is 0.500. The molecule has 2 nitrogen and oxygen atoms in total. The van der Waals surface area contributed by atoms with Crippen molar-refractivity contribution < 1.29 is 4.79 Å². The molecule has 2 heteroatoms. The van der Waals surface area contributed by atoms with Crippen LogP contribution in [0.4, 0.5) is 5.69 Å². The number of aryl methyl sites for hydroxylation is 1. The van der Waals surface area contributed by atoms with Crippen LogP contribution in [0.5, 0.6) is 0 Å². The van der Waals surface area contributed by atoms with Gasteiger partial charge < -0.3 is 5.32 Å². The summed E-state index contributed by atoms with van der Waals surface area (Å²) in [7, 11) is 0. The Morgan fingerprint density at radius 2 is 1.95 bits per heavy atom. The smallest absolute Gasteiger partial charge is 0.167 e. The van der Waals surface area contributed by atoms with Crippen LogP contribution in [0.2, 0.25) is 0 Å². The van der Waals surface area contributed by atoms with E-state index in [2.05, 4.69) is 45.1 Å². The molecule has 20 heavy (non-hydrogen) atoms. The van der Waals surface area contributed by atoms with Gasteiger partial charge in [-0.2, -0.15) is 0 Å². The van der Waals surface area contributed by atoms with Crippen molar-refractivity contribution in [3.05, 3.63) is 41.6 Å². The Bertz CT molecular complexity index is 599. The SMILES string of the molecule is Cc1ccccc1N/C=C1/C(=O)C2(C)CCC1C2(C)C. The summed E-state index contributed by atoms with van der Waals surface area (Å²) in [5.41, 5.74) is 3.19. The second-order valence-corrected chi connectivity index (χ2v) is 7.03. The molecule has 0 aromatic heterocycles. The summed E-state index contributed by atoms with van der Waals surface area (Å²) in [6, 6.07) is 8.17. The van der Waals surface area contributed by atoms with E-state index in [1.807, 2.05) is 18.3 Å². The fourth-order valence-electron chi connectivity index (χ4n) is 3.98. The van der Waals surface area contributed by atoms with Crippen molar-refractivity contribution in [3.8, 4) is 0 Å². The number of nitrogens with one attached hydrogen (secondary N) is 1. The first-order chi connectivity index (χ1) is 9.38. The van der Waals surface area contributed by atoms with Crippen LogP contribution in [0.1, 0.15) is 39.2 Å². The minimum absolute atomic E-state index is 0.0866. The minimum Gasteiger partial charge on any atom is -0.361 e. The average molecular weight is 269 g/mol. The van der Waals surface area contributed by atoms with E-state index in [0.29, 0.717) is 11.7 Å². The Morgan fingerprint density at radius 3 is 2.55 bits per heavy atom. The molecule has 2 atom stereocenters. The summed E-state index contributed by atoms with van der Waals surface area (Å²) in [6.45, 7) is 8.72. The van der Waals surface area contributed by atoms with Crippen molar-refractivity contribution in [2.45, 2.75) is 40.5 Å². The van der Waals surface area contributed by atoms with Gasteiger partial charge in [0.25, 0.3) is 0 Å². The Kier molecular flexibility index (Phi) is 2.82. The molecular weight excluding hydrogens is 246 g/mol. The number of hydrogen-bond acceptors (Lipinski definition) is 2. The van der Waals surface area contributed by atoms with Gasteiger partial charge in [-0.25, -0.2) is 0 Å². The molecule has 2 bridgehead atoms. The zero-order chi connectivity index (χ0) is 14.5. The molecule has 2 fully saturated rings. The highest BCUT2D eigenvalue weighted by Gasteiger charge is 2.63. The number of rotatable bonds is 2. The van der Waals surface area contributed by atoms with Gasteiger partial charge in [0.2, 0.25) is 0 Å². The van der Waals surface area contributed by atoms with Crippen molar-refractivity contribution in [1.29, 1.82) is 0 Å². The molecule has 0 aliphatic heterocycles. The maximum absolute atomic E-state index is 12.7. The second kappa shape index (κ2) is 4.21. The number of benzene rings is 1. The maximum atomic E-state index is 12.7. The molecule has 2 aliphatic rings. The predicted molar refractivity (Wildman–Crippen MR) is 82.5 cm³/mol. The largest absolute Gasteiger partial charge is 0.361 e. The number of carbonyl (C=O) groups excluding carboxylic acids is 1. The van der Waals surface area contributed by atoms with Gasteiger partial charge in [-0.1, -0.05) is 39.0 Å². The quantitative estimate of drug-likeness (QED) is 0.810. The van der Waals surface area contributed by atoms with Crippen molar-refractivity contribution in [2.24, 2.45) is 16.7 Å². The van der Waals surface area contributed by atoms with Crippen molar-refractivity contribution in [2.75, 3.05) is 5.32 Å². The molecular formula is C18H23NO. The van der Waals surface area contributed by atoms with Crippen molar-refractivity contribution >= 4 is 11.5 Å². The van der Waals surface area contributed by atoms with E-state index in [1.54, 1.807) is 0 Å². The zero-order valence-electron chi connectivity index (χ0n) is 12.8. The molecule has 2 aliphatic carbocycles. The Morgan fingerprint density at radius 1 is 1.25 bits per heavy atom. The third-order valence-corrected chi connectivity index (χ3v) is 5.89. The van der Waals surface area contributed by atoms with Gasteiger partial charge in [0.05, 0.1) is 0 Å². The van der Waals surface area contributed by atoms with E-state index in [-0.39, 0.29) is 10.8 Å². The third kappa shape index (κ3) is 1.60. The minimum atomic E-state index is -0.170. The Labute approximate surface area is 121 Å². The topological polar surface area (TPSA) is 29.1 Å². The molecule has 0 radical (unpaired) electrons. The molecule has 106 valence electrons. The number of fused-ring (bicyclic) bond motifs is 2. The fourth-order valence-corrected chi connectivity index (χ4v) is 3.98. The number of para-hydroxylation sites is 1. The van der Waals surface area contributed by atoms with Gasteiger partial charge in [-0.05, 0) is 42.7 Å². The van der Waals surface area contributed by atoms with E-state index in [1.165, 1.54) is 5.56 Å². The zero-order valence-corrected chi connectivity index (χ0v) is 12.8. The summed E-state index contributed by atoms with van der Waals surface area (Å²) in [4.78, 5) is 12.7. The predicted octanol–water partition coefficient (Wildman–Crippen LogP) is 4.32. The number of anilines is 1. The molecule has 2 saturated carbocycles. The van der Waals surface area contributed by atoms with Gasteiger partial charge in [-0.3, -0.25) is 4.79 Å². The van der Waals surface area contributed by atoms with Gasteiger partial charge >= 0.3 is 0 Å². The highest BCUT2D eigenvalue weighted by Crippen LogP contribution is 2.65. The first kappa shape index (κ1) is 13.4. The van der Waals surface area contributed by atoms with Crippen molar-refractivity contribution in [1.82, 2.24) is 0 Å². The maximum Gasteiger partial charge on any atom is 0.167 e. The van der Waals surface area contributed by atoms with E-state index in [9.17, 15) is 4.79 Å². The van der Waals surface area contributed by atoms with Crippen LogP contribution in [0.25, 0.3) is 0 Å². The lowest BCUT2D eigenvalue weighted by atomic mass is 9.70. The monoisotopic (exact) mass is 269 g/mol. The summed E-state index contributed by atoms with van der Waals surface area (Å²) in [5.74, 6) is 0.747. The molecule has 0 spiro atoms. The van der Waals surface area contributed by atoms with Crippen LogP contribution < -0.4 is 5.32 Å². The van der Waals surface area contributed by atoms with Crippen LogP contribution in [0.3, 0.4) is 0 Å². The number of ketones is 1. The van der Waals surface area contributed by atoms with E-state index >= 15 is 0 Å². The van der Waals surface area contributed by atoms with Gasteiger partial charge in [-0.15, -0.1) is 0 Å². The van der Waals surface area contributed by atoms with Crippen LogP contribution in [-0.4, -0.2) is 5.78 Å². The van der Waals surface area contributed by atoms with E-state index < -0.39 is 0 Å². The lowest BCUT2D eigenvalue weighted by molar-refractivity contribution is -0.125. The summed E-state index contributed by atoms with van der Waals surface area (Å²) >= 11 is 0. The Hall–Kier alpha value is -1.57. The highest BCUT2D eigenvalue weighted by atomic mass is 16.1. The molecule has 0 saturated heterocycles. The summed E-state index contributed by atoms with van der Waals surface area (Å²) in [5, 5.41) is 3.34. The Balaban J connectivity index is 1.91. The van der Waals surface area contributed by atoms with Crippen LogP contribution in [-0.2, 0) is 4.79 Å². The van der Waals surface area contributed by atoms with Crippen molar-refractivity contribution in [3.63, 3.8) is 0 Å². The second-order valence-electron chi connectivity index (χ2n) is 7.03. The van der Waals surface area contributed by atoms with Gasteiger partial charge in [0.15, 0.2) is 5.78 Å². The number of allylic oxidation sites excluding steroid dienone is 1. The lowest BCUT2D eigenvalue weighted by Gasteiger charge is -2.31. The molecule has 3 rings (SSSR count). The highest BCUT2D eigenvalue weighted by molar-refractivity contribution is 6.04. The average Bonchev–Trinajstić information content (AvgIpc) is 2.71. The molecule has 1 aromatic carbocycles. The van der Waals surface area contributed by atoms with Gasteiger partial charge in [0.1, 0.15) is 0 Å². The van der Waals surface area contributed by atoms with E-state index in [0.717, 1.165) is 24.1 Å². The normalized spacial score (nSPS) is 32.9. The lowest BCUT2D eigenvalue weighted by Crippen LogP contribution is -2.32. The standard InChI is InChI=1S/C18H23NO/c1-12-7-5-6-8-15(12)19-11-13-14-9-10-18(4,16(13)20)17(14,2)3/h5-8,11,14,19H,9-10H2,1-4H3/b13-11+. The molecule has 0 amide bonds. The molecule has 2 unspecified atom stereocenters. The summed E-state index contributed by atoms with van der Waals surface area (Å²) in [6.07, 6.45) is 4.13. The first-order valence-electron chi connectivity index (χ1n) is 7.45. The number of hydrogen-bond donors (Lipinski definition) is 1. The van der Waals surface area contributed by atoms with Gasteiger partial charge in [0, 0.05) is 22.9 Å². The van der Waals surface area contributed by atoms with Crippen LogP contribution >= 0.6 is 0 Å². The summed E-state index contributed by atoms with van der Waals surface area (Å²) < 4.78 is 0. The first-order valence-corrected chi connectivity index (χ1v) is 7.45. The molecule has 1 N–H and O–H groups in total. The number of carbonyl (C=O) groups is 1. The van der Waals surface area contributed by atoms with Crippen LogP contribution in [0, 0.1) is 23.7 Å². The number of Topliss-reactive ketones (excluding diaryl/α,β-unsaturated/α-hetero) is 1. The molecule has 0 heterocycles. The molecule has 1 aromatic rings. The van der Waals surface area contributed by atoms with Crippen LogP contribution in [0.15, 0.2) is 36.0 Å². The van der Waals surface area contributed by atoms with E-state index in [4.69, 9.17) is 0 Å². The third-order valence-electron chi connectivity index (χ3n) is 5.89.